The molecule has 0 amide bonds. The molecule has 1 rings (SSSR count). The van der Waals surface area contributed by atoms with Crippen LogP contribution >= 0.6 is 0 Å². The van der Waals surface area contributed by atoms with Crippen molar-refractivity contribution in [3.63, 3.8) is 0 Å². The van der Waals surface area contributed by atoms with Gasteiger partial charge in [-0.15, -0.1) is 0 Å². The molecule has 3 nitrogen and oxygen atoms in total. The summed E-state index contributed by atoms with van der Waals surface area (Å²) in [4.78, 5) is 11.2. The normalized spacial score (nSPS) is 20.2. The van der Waals surface area contributed by atoms with Gasteiger partial charge in [0.25, 0.3) is 0 Å². The zero-order valence-corrected chi connectivity index (χ0v) is 8.47. The second-order valence-corrected chi connectivity index (χ2v) is 3.65. The second kappa shape index (κ2) is 4.61. The lowest BCUT2D eigenvalue weighted by Gasteiger charge is -2.27. The Morgan fingerprint density at radius 1 is 1.38 bits per heavy atom. The van der Waals surface area contributed by atoms with E-state index in [1.807, 2.05) is 0 Å². The van der Waals surface area contributed by atoms with E-state index in [9.17, 15) is 4.79 Å². The first kappa shape index (κ1) is 10.5. The standard InChI is InChI=1S/C10H18O3/c1-3-10(6-4-5-7-10)13-9(11)8-12-2/h3-8H2,1-2H3. The van der Waals surface area contributed by atoms with Gasteiger partial charge >= 0.3 is 5.97 Å². The number of hydrogen-bond donors (Lipinski definition) is 0. The number of carbonyl (C=O) groups is 1. The fraction of sp³-hybridized carbons (Fsp3) is 0.900. The van der Waals surface area contributed by atoms with Crippen LogP contribution < -0.4 is 0 Å². The highest BCUT2D eigenvalue weighted by molar-refractivity contribution is 5.71. The third-order valence-electron chi connectivity index (χ3n) is 2.75. The predicted molar refractivity (Wildman–Crippen MR) is 49.5 cm³/mol. The van der Waals surface area contributed by atoms with Gasteiger partial charge in [-0.05, 0) is 32.1 Å². The minimum absolute atomic E-state index is 0.0712. The van der Waals surface area contributed by atoms with Gasteiger partial charge in [-0.2, -0.15) is 0 Å². The zero-order valence-electron chi connectivity index (χ0n) is 8.47. The first-order chi connectivity index (χ1) is 6.22. The Bertz CT molecular complexity index is 171. The molecule has 76 valence electrons. The number of methoxy groups -OCH3 is 1. The molecule has 13 heavy (non-hydrogen) atoms. The van der Waals surface area contributed by atoms with E-state index in [1.165, 1.54) is 20.0 Å². The van der Waals surface area contributed by atoms with Gasteiger partial charge in [-0.3, -0.25) is 0 Å². The van der Waals surface area contributed by atoms with E-state index in [4.69, 9.17) is 9.47 Å². The minimum Gasteiger partial charge on any atom is -0.457 e. The lowest BCUT2D eigenvalue weighted by Crippen LogP contribution is -2.32. The molecule has 0 aromatic carbocycles. The highest BCUT2D eigenvalue weighted by Gasteiger charge is 2.35. The van der Waals surface area contributed by atoms with Crippen LogP contribution in [0.3, 0.4) is 0 Å². The van der Waals surface area contributed by atoms with Gasteiger partial charge in [0, 0.05) is 7.11 Å². The van der Waals surface area contributed by atoms with Crippen molar-refractivity contribution in [1.29, 1.82) is 0 Å². The summed E-state index contributed by atoms with van der Waals surface area (Å²) in [6.07, 6.45) is 5.29. The maximum atomic E-state index is 11.2. The Kier molecular flexibility index (Phi) is 3.72. The molecule has 0 saturated heterocycles. The largest absolute Gasteiger partial charge is 0.457 e. The molecule has 0 bridgehead atoms. The topological polar surface area (TPSA) is 35.5 Å². The molecule has 3 heteroatoms. The summed E-state index contributed by atoms with van der Waals surface area (Å²) in [6.45, 7) is 2.15. The molecule has 1 aliphatic carbocycles. The van der Waals surface area contributed by atoms with E-state index < -0.39 is 0 Å². The monoisotopic (exact) mass is 186 g/mol. The van der Waals surface area contributed by atoms with Gasteiger partial charge in [0.2, 0.25) is 0 Å². The first-order valence-electron chi connectivity index (χ1n) is 4.93. The number of hydrogen-bond acceptors (Lipinski definition) is 3. The van der Waals surface area contributed by atoms with Gasteiger partial charge in [0.15, 0.2) is 0 Å². The second-order valence-electron chi connectivity index (χ2n) is 3.65. The summed E-state index contributed by atoms with van der Waals surface area (Å²) in [5.74, 6) is -0.230. The highest BCUT2D eigenvalue weighted by atomic mass is 16.6. The Morgan fingerprint density at radius 2 is 2.00 bits per heavy atom. The number of rotatable bonds is 4. The highest BCUT2D eigenvalue weighted by Crippen LogP contribution is 2.35. The molecule has 0 heterocycles. The molecule has 0 unspecified atom stereocenters. The first-order valence-corrected chi connectivity index (χ1v) is 4.93. The lowest BCUT2D eigenvalue weighted by molar-refractivity contribution is -0.164. The molecule has 0 atom stereocenters. The molecule has 1 fully saturated rings. The maximum Gasteiger partial charge on any atom is 0.332 e. The molecule has 0 aromatic heterocycles. The third kappa shape index (κ3) is 2.69. The van der Waals surface area contributed by atoms with Crippen molar-refractivity contribution in [1.82, 2.24) is 0 Å². The van der Waals surface area contributed by atoms with Crippen LogP contribution in [0, 0.1) is 0 Å². The summed E-state index contributed by atoms with van der Waals surface area (Å²) >= 11 is 0. The average molecular weight is 186 g/mol. The molecular weight excluding hydrogens is 168 g/mol. The minimum atomic E-state index is -0.230. The molecule has 1 saturated carbocycles. The fourth-order valence-electron chi connectivity index (χ4n) is 1.94. The lowest BCUT2D eigenvalue weighted by atomic mass is 9.99. The smallest absolute Gasteiger partial charge is 0.332 e. The van der Waals surface area contributed by atoms with Crippen LogP contribution in [0.15, 0.2) is 0 Å². The molecule has 0 aromatic rings. The van der Waals surface area contributed by atoms with Gasteiger partial charge < -0.3 is 9.47 Å². The van der Waals surface area contributed by atoms with Crippen molar-refractivity contribution in [3.05, 3.63) is 0 Å². The molecule has 0 aliphatic heterocycles. The van der Waals surface area contributed by atoms with Crippen LogP contribution in [-0.2, 0) is 14.3 Å². The van der Waals surface area contributed by atoms with Crippen molar-refractivity contribution in [3.8, 4) is 0 Å². The van der Waals surface area contributed by atoms with Gasteiger partial charge in [-0.1, -0.05) is 6.92 Å². The summed E-state index contributed by atoms with van der Waals surface area (Å²) in [6, 6.07) is 0. The van der Waals surface area contributed by atoms with E-state index in [-0.39, 0.29) is 18.2 Å². The van der Waals surface area contributed by atoms with E-state index >= 15 is 0 Å². The van der Waals surface area contributed by atoms with Crippen LogP contribution in [0.2, 0.25) is 0 Å². The number of carbonyl (C=O) groups excluding carboxylic acids is 1. The Morgan fingerprint density at radius 3 is 2.46 bits per heavy atom. The molecule has 1 aliphatic rings. The van der Waals surface area contributed by atoms with Crippen LogP contribution in [0.4, 0.5) is 0 Å². The molecule has 0 radical (unpaired) electrons. The van der Waals surface area contributed by atoms with Crippen molar-refractivity contribution >= 4 is 5.97 Å². The van der Waals surface area contributed by atoms with Crippen LogP contribution in [0.1, 0.15) is 39.0 Å². The summed E-state index contributed by atoms with van der Waals surface area (Å²) in [7, 11) is 1.51. The average Bonchev–Trinajstić information content (AvgIpc) is 2.54. The van der Waals surface area contributed by atoms with Crippen LogP contribution in [0.5, 0.6) is 0 Å². The fourth-order valence-corrected chi connectivity index (χ4v) is 1.94. The van der Waals surface area contributed by atoms with Crippen LogP contribution in [-0.4, -0.2) is 25.3 Å². The van der Waals surface area contributed by atoms with Crippen molar-refractivity contribution in [2.24, 2.45) is 0 Å². The number of ether oxygens (including phenoxy) is 2. The van der Waals surface area contributed by atoms with E-state index in [0.29, 0.717) is 0 Å². The van der Waals surface area contributed by atoms with Crippen molar-refractivity contribution < 1.29 is 14.3 Å². The number of esters is 1. The maximum absolute atomic E-state index is 11.2. The van der Waals surface area contributed by atoms with Gasteiger partial charge in [0.05, 0.1) is 0 Å². The Balaban J connectivity index is 2.43. The zero-order chi connectivity index (χ0) is 9.73. The van der Waals surface area contributed by atoms with Crippen molar-refractivity contribution in [2.75, 3.05) is 13.7 Å². The summed E-state index contributed by atoms with van der Waals surface area (Å²) < 4.78 is 10.2. The van der Waals surface area contributed by atoms with Crippen molar-refractivity contribution in [2.45, 2.75) is 44.6 Å². The van der Waals surface area contributed by atoms with E-state index in [0.717, 1.165) is 19.3 Å². The summed E-state index contributed by atoms with van der Waals surface area (Å²) in [5, 5.41) is 0. The van der Waals surface area contributed by atoms with Gasteiger partial charge in [0.1, 0.15) is 12.2 Å². The Labute approximate surface area is 79.4 Å². The van der Waals surface area contributed by atoms with Crippen LogP contribution in [0.25, 0.3) is 0 Å². The molecule has 0 spiro atoms. The van der Waals surface area contributed by atoms with Gasteiger partial charge in [-0.25, -0.2) is 4.79 Å². The molecular formula is C10H18O3. The summed E-state index contributed by atoms with van der Waals surface area (Å²) in [5.41, 5.74) is -0.171. The van der Waals surface area contributed by atoms with E-state index in [1.54, 1.807) is 0 Å². The Hall–Kier alpha value is -0.570. The van der Waals surface area contributed by atoms with E-state index in [2.05, 4.69) is 6.92 Å². The molecule has 0 N–H and O–H groups in total. The predicted octanol–water partition coefficient (Wildman–Crippen LogP) is 1.90. The quantitative estimate of drug-likeness (QED) is 0.629. The third-order valence-corrected chi connectivity index (χ3v) is 2.75. The SMILES string of the molecule is CCC1(OC(=O)COC)CCCC1.